The second-order valence-electron chi connectivity index (χ2n) is 9.37. The first kappa shape index (κ1) is 53.4. The molecule has 57 heavy (non-hydrogen) atoms. The van der Waals surface area contributed by atoms with Crippen LogP contribution in [0.2, 0.25) is 0 Å². The number of rotatable bonds is 6. The third-order valence-corrected chi connectivity index (χ3v) is 6.45. The van der Waals surface area contributed by atoms with Gasteiger partial charge in [0.1, 0.15) is 19.8 Å². The summed E-state index contributed by atoms with van der Waals surface area (Å²) >= 11 is 3.01. The van der Waals surface area contributed by atoms with Gasteiger partial charge in [0.05, 0.1) is 38.7 Å². The van der Waals surface area contributed by atoms with E-state index in [2.05, 4.69) is 61.7 Å². The van der Waals surface area contributed by atoms with Crippen LogP contribution in [-0.4, -0.2) is 87.5 Å². The van der Waals surface area contributed by atoms with E-state index in [1.807, 2.05) is 0 Å². The summed E-state index contributed by atoms with van der Waals surface area (Å²) in [5, 5.41) is 19.5. The fourth-order valence-corrected chi connectivity index (χ4v) is 4.00. The Hall–Kier alpha value is -5.68. The molecule has 3 aliphatic rings. The number of benzene rings is 3. The molecule has 0 bridgehead atoms. The van der Waals surface area contributed by atoms with Crippen molar-refractivity contribution >= 4 is 70.3 Å². The molecule has 3 heterocycles. The summed E-state index contributed by atoms with van der Waals surface area (Å²) in [6.07, 6.45) is 19.4. The molecule has 3 N–H and O–H groups in total. The molecule has 6 amide bonds. The quantitative estimate of drug-likeness (QED) is 0.0431. The Balaban J connectivity index is 0. The van der Waals surface area contributed by atoms with Crippen LogP contribution in [0.3, 0.4) is 0 Å². The predicted octanol–water partition coefficient (Wildman–Crippen LogP) is -1.25. The van der Waals surface area contributed by atoms with Crippen LogP contribution in [0.25, 0.3) is 0 Å². The van der Waals surface area contributed by atoms with Crippen molar-refractivity contribution in [1.82, 2.24) is 15.2 Å². The van der Waals surface area contributed by atoms with Crippen molar-refractivity contribution in [3.05, 3.63) is 106 Å². The van der Waals surface area contributed by atoms with Crippen LogP contribution in [0.15, 0.2) is 72.8 Å². The Kier molecular flexibility index (Phi) is 27.7. The first-order chi connectivity index (χ1) is 26.5. The SMILES string of the molecule is C#CCBr.C#CCON.C#CCON1C(=O)c2ccccc2C1=O.C#CCON1C(=O)c2ccccc2C1=O.Cl.O=C1c2ccccc2C(=O)N1O.O=CO[O-].[Na+]. The van der Waals surface area contributed by atoms with Gasteiger partial charge in [-0.3, -0.25) is 43.6 Å². The largest absolute Gasteiger partial charge is 1.00 e. The monoisotopic (exact) mass is 874 g/mol. The minimum atomic E-state index is -0.657. The number of carbonyl (C=O) groups is 7. The van der Waals surface area contributed by atoms with Crippen molar-refractivity contribution in [1.29, 1.82) is 0 Å². The summed E-state index contributed by atoms with van der Waals surface area (Å²) < 4.78 is 0. The topological polar surface area (TPSA) is 235 Å². The molecule has 3 aromatic carbocycles. The van der Waals surface area contributed by atoms with E-state index in [4.69, 9.17) is 44.2 Å². The van der Waals surface area contributed by atoms with Gasteiger partial charge in [-0.05, 0) is 36.4 Å². The van der Waals surface area contributed by atoms with Crippen molar-refractivity contribution in [2.45, 2.75) is 0 Å². The zero-order valence-corrected chi connectivity index (χ0v) is 34.1. The number of hydrogen-bond acceptors (Lipinski definition) is 14. The number of alkyl halides is 1. The average molecular weight is 876 g/mol. The molecule has 3 aromatic rings. The number of carbonyl (C=O) groups excluding carboxylic acids is 7. The summed E-state index contributed by atoms with van der Waals surface area (Å²) in [5.74, 6) is 10.2. The Morgan fingerprint density at radius 2 is 0.860 bits per heavy atom. The Labute approximate surface area is 362 Å². The van der Waals surface area contributed by atoms with Gasteiger partial charge in [-0.25, -0.2) is 15.6 Å². The van der Waals surface area contributed by atoms with E-state index < -0.39 is 35.4 Å². The number of fused-ring (bicyclic) bond motifs is 3. The minimum Gasteiger partial charge on any atom is -0.662 e. The molecule has 3 aliphatic heterocycles. The third kappa shape index (κ3) is 15.4. The van der Waals surface area contributed by atoms with Gasteiger partial charge in [-0.15, -0.1) is 53.3 Å². The summed E-state index contributed by atoms with van der Waals surface area (Å²) in [6.45, 7) is -0.197. The van der Waals surface area contributed by atoms with Gasteiger partial charge in [0.25, 0.3) is 41.9 Å². The van der Waals surface area contributed by atoms with E-state index >= 15 is 0 Å². The van der Waals surface area contributed by atoms with Crippen LogP contribution in [0.4, 0.5) is 0 Å². The number of nitrogens with two attached hydrogens (primary N) is 1. The average Bonchev–Trinajstić information content (AvgIpc) is 3.71. The van der Waals surface area contributed by atoms with E-state index in [9.17, 15) is 28.8 Å². The van der Waals surface area contributed by atoms with Gasteiger partial charge in [-0.2, -0.15) is 0 Å². The molecule has 20 heteroatoms. The molecule has 0 saturated heterocycles. The third-order valence-electron chi connectivity index (χ3n) is 6.12. The Morgan fingerprint density at radius 1 is 0.614 bits per heavy atom. The molecule has 0 saturated carbocycles. The van der Waals surface area contributed by atoms with Gasteiger partial charge in [0, 0.05) is 0 Å². The molecule has 17 nitrogen and oxygen atoms in total. The van der Waals surface area contributed by atoms with Crippen LogP contribution in [-0.2, 0) is 24.2 Å². The van der Waals surface area contributed by atoms with Crippen molar-refractivity contribution in [2.75, 3.05) is 25.2 Å². The van der Waals surface area contributed by atoms with Gasteiger partial charge in [0.15, 0.2) is 0 Å². The summed E-state index contributed by atoms with van der Waals surface area (Å²) in [6, 6.07) is 19.4. The van der Waals surface area contributed by atoms with Crippen molar-refractivity contribution in [3.8, 4) is 49.4 Å². The summed E-state index contributed by atoms with van der Waals surface area (Å²) in [5.41, 5.74) is 1.90. The number of hydrogen-bond donors (Lipinski definition) is 2. The van der Waals surface area contributed by atoms with Gasteiger partial charge in [0.2, 0.25) is 0 Å². The van der Waals surface area contributed by atoms with Gasteiger partial charge >= 0.3 is 29.6 Å². The Morgan fingerprint density at radius 3 is 1.04 bits per heavy atom. The second-order valence-corrected chi connectivity index (χ2v) is 9.93. The zero-order chi connectivity index (χ0) is 41.3. The minimum absolute atomic E-state index is 0. The first-order valence-corrected chi connectivity index (χ1v) is 15.8. The van der Waals surface area contributed by atoms with Gasteiger partial charge in [-0.1, -0.05) is 76.0 Å². The number of imide groups is 3. The fraction of sp³-hybridized carbons (Fsp3) is 0.108. The number of terminal acetylenes is 4. The maximum atomic E-state index is 11.6. The normalized spacial score (nSPS) is 11.8. The maximum Gasteiger partial charge on any atom is 1.00 e. The molecule has 6 rings (SSSR count). The molecule has 0 radical (unpaired) electrons. The molecule has 0 unspecified atom stereocenters. The van der Waals surface area contributed by atoms with Crippen LogP contribution < -0.4 is 40.7 Å². The molecule has 0 spiro atoms. The first-order valence-electron chi connectivity index (χ1n) is 14.7. The van der Waals surface area contributed by atoms with Crippen molar-refractivity contribution in [3.63, 3.8) is 0 Å². The maximum absolute atomic E-state index is 11.6. The van der Waals surface area contributed by atoms with Crippen LogP contribution in [0.5, 0.6) is 0 Å². The summed E-state index contributed by atoms with van der Waals surface area (Å²) in [7, 11) is 0. The number of amides is 6. The van der Waals surface area contributed by atoms with Crippen LogP contribution >= 0.6 is 28.3 Å². The molecule has 0 fully saturated rings. The molecule has 0 aliphatic carbocycles. The smallest absolute Gasteiger partial charge is 0.662 e. The van der Waals surface area contributed by atoms with Crippen LogP contribution in [0, 0.1) is 49.4 Å². The van der Waals surface area contributed by atoms with E-state index in [1.165, 1.54) is 12.1 Å². The zero-order valence-electron chi connectivity index (χ0n) is 29.7. The Bertz CT molecular complexity index is 1860. The van der Waals surface area contributed by atoms with Gasteiger partial charge < -0.3 is 10.1 Å². The molecule has 0 aromatic heterocycles. The summed E-state index contributed by atoms with van der Waals surface area (Å²) in [4.78, 5) is 93.5. The molecular weight excluding hydrogens is 847 g/mol. The molecule has 290 valence electrons. The molecular formula is C37H29BrClN4NaO13. The number of hydroxylamine groups is 6. The van der Waals surface area contributed by atoms with E-state index in [-0.39, 0.29) is 84.4 Å². The van der Waals surface area contributed by atoms with E-state index in [1.54, 1.807) is 60.7 Å². The molecule has 0 atom stereocenters. The number of halogens is 2. The fourth-order valence-electron chi connectivity index (χ4n) is 4.00. The predicted molar refractivity (Wildman–Crippen MR) is 198 cm³/mol. The van der Waals surface area contributed by atoms with Crippen molar-refractivity contribution < 1.29 is 93.0 Å². The van der Waals surface area contributed by atoms with E-state index in [0.29, 0.717) is 37.7 Å². The van der Waals surface area contributed by atoms with Crippen LogP contribution in [0.1, 0.15) is 62.1 Å². The standard InChI is InChI=1S/2C11H7NO3.C8H5NO3.C3H3Br.C3H5NO.CH2O3.ClH.Na/c2*1-2-7-15-12-10(13)8-5-3-4-6-9(8)11(12)14;10-7-5-3-1-2-4-6(5)8(11)9(7)12;1-2-3-4;1-2-3-5-4;2-1-4-3;;/h2*1,3-6H,7H2;1-4,12H;1H,3H2;1H,3-4H2;1,3H;1H;/q;;;;;;;+1/p-1. The van der Waals surface area contributed by atoms with E-state index in [0.717, 1.165) is 0 Å². The second kappa shape index (κ2) is 29.6. The number of nitrogens with zero attached hydrogens (tertiary/aromatic N) is 3. The van der Waals surface area contributed by atoms with Crippen molar-refractivity contribution in [2.24, 2.45) is 5.90 Å².